The summed E-state index contributed by atoms with van der Waals surface area (Å²) in [5, 5.41) is 0. The fraction of sp³-hybridized carbons (Fsp3) is 0.579. The average Bonchev–Trinajstić information content (AvgIpc) is 2.51. The number of ether oxygens (including phenoxy) is 1. The smallest absolute Gasteiger partial charge is 0.312 e. The number of carbonyl (C=O) groups excluding carboxylic acids is 2. The summed E-state index contributed by atoms with van der Waals surface area (Å²) < 4.78 is 6.40. The summed E-state index contributed by atoms with van der Waals surface area (Å²) in [4.78, 5) is 24.9. The van der Waals surface area contributed by atoms with Crippen LogP contribution in [-0.4, -0.2) is 18.4 Å². The molecule has 1 aromatic rings. The molecule has 0 heterocycles. The van der Waals surface area contributed by atoms with Crippen LogP contribution in [-0.2, 0) is 9.53 Å². The SMILES string of the molecule is O=C(COC(=O)C12CC3CC(CC(C3)C1)C2)c1ccc(Br)cc1. The van der Waals surface area contributed by atoms with Gasteiger partial charge in [0.2, 0.25) is 0 Å². The molecular weight excluding hydrogens is 356 g/mol. The zero-order valence-electron chi connectivity index (χ0n) is 13.1. The number of benzene rings is 1. The molecule has 5 rings (SSSR count). The predicted octanol–water partition coefficient (Wildman–Crippen LogP) is 4.39. The molecule has 4 aliphatic rings. The van der Waals surface area contributed by atoms with E-state index < -0.39 is 0 Å². The third kappa shape index (κ3) is 2.86. The second-order valence-electron chi connectivity index (χ2n) is 7.70. The van der Waals surface area contributed by atoms with E-state index in [1.807, 2.05) is 12.1 Å². The summed E-state index contributed by atoms with van der Waals surface area (Å²) in [6.45, 7) is -0.137. The van der Waals surface area contributed by atoms with E-state index in [0.717, 1.165) is 23.7 Å². The molecule has 4 saturated carbocycles. The van der Waals surface area contributed by atoms with Crippen LogP contribution < -0.4 is 0 Å². The lowest BCUT2D eigenvalue weighted by Crippen LogP contribution is -2.50. The molecule has 4 aliphatic carbocycles. The standard InChI is InChI=1S/C19H21BrO3/c20-16-3-1-15(2-4-16)17(21)11-23-18(22)19-8-12-5-13(9-19)7-14(6-12)10-19/h1-4,12-14H,5-11H2. The van der Waals surface area contributed by atoms with Gasteiger partial charge in [-0.3, -0.25) is 9.59 Å². The van der Waals surface area contributed by atoms with Crippen molar-refractivity contribution in [3.63, 3.8) is 0 Å². The van der Waals surface area contributed by atoms with Gasteiger partial charge in [-0.2, -0.15) is 0 Å². The van der Waals surface area contributed by atoms with Gasteiger partial charge in [-0.15, -0.1) is 0 Å². The van der Waals surface area contributed by atoms with Crippen LogP contribution in [0.4, 0.5) is 0 Å². The van der Waals surface area contributed by atoms with Gasteiger partial charge in [-0.25, -0.2) is 0 Å². The Morgan fingerprint density at radius 2 is 1.52 bits per heavy atom. The maximum atomic E-state index is 12.7. The molecular formula is C19H21BrO3. The molecule has 4 heteroatoms. The van der Waals surface area contributed by atoms with Gasteiger partial charge in [0.1, 0.15) is 0 Å². The van der Waals surface area contributed by atoms with Crippen LogP contribution in [0, 0.1) is 23.2 Å². The highest BCUT2D eigenvalue weighted by molar-refractivity contribution is 9.10. The molecule has 4 fully saturated rings. The van der Waals surface area contributed by atoms with Gasteiger partial charge in [0.05, 0.1) is 5.41 Å². The van der Waals surface area contributed by atoms with Crippen molar-refractivity contribution in [2.75, 3.05) is 6.61 Å². The Hall–Kier alpha value is -1.16. The van der Waals surface area contributed by atoms with E-state index in [1.54, 1.807) is 12.1 Å². The van der Waals surface area contributed by atoms with E-state index in [4.69, 9.17) is 4.74 Å². The number of hydrogen-bond donors (Lipinski definition) is 0. The molecule has 122 valence electrons. The van der Waals surface area contributed by atoms with Crippen molar-refractivity contribution < 1.29 is 14.3 Å². The lowest BCUT2D eigenvalue weighted by Gasteiger charge is -2.55. The van der Waals surface area contributed by atoms with Crippen molar-refractivity contribution in [3.05, 3.63) is 34.3 Å². The fourth-order valence-electron chi connectivity index (χ4n) is 5.36. The molecule has 3 nitrogen and oxygen atoms in total. The first-order valence-electron chi connectivity index (χ1n) is 8.50. The number of hydrogen-bond acceptors (Lipinski definition) is 3. The number of halogens is 1. The number of Topliss-reactive ketones (excluding diaryl/α,β-unsaturated/α-hetero) is 1. The molecule has 0 spiro atoms. The molecule has 0 aliphatic heterocycles. The lowest BCUT2D eigenvalue weighted by atomic mass is 9.49. The minimum Gasteiger partial charge on any atom is -0.457 e. The third-order valence-electron chi connectivity index (χ3n) is 5.97. The highest BCUT2D eigenvalue weighted by atomic mass is 79.9. The van der Waals surface area contributed by atoms with E-state index in [2.05, 4.69) is 15.9 Å². The Morgan fingerprint density at radius 1 is 1.00 bits per heavy atom. The van der Waals surface area contributed by atoms with Crippen LogP contribution in [0.1, 0.15) is 48.9 Å². The Balaban J connectivity index is 1.40. The normalized spacial score (nSPS) is 34.4. The first-order valence-corrected chi connectivity index (χ1v) is 9.29. The Labute approximate surface area is 144 Å². The van der Waals surface area contributed by atoms with Gasteiger partial charge in [0.15, 0.2) is 12.4 Å². The topological polar surface area (TPSA) is 43.4 Å². The van der Waals surface area contributed by atoms with Gasteiger partial charge in [-0.1, -0.05) is 28.1 Å². The summed E-state index contributed by atoms with van der Waals surface area (Å²) in [5.41, 5.74) is 0.306. The fourth-order valence-corrected chi connectivity index (χ4v) is 5.63. The molecule has 1 aromatic carbocycles. The summed E-state index contributed by atoms with van der Waals surface area (Å²) in [6.07, 6.45) is 6.82. The van der Waals surface area contributed by atoms with Gasteiger partial charge < -0.3 is 4.74 Å². The molecule has 0 N–H and O–H groups in total. The van der Waals surface area contributed by atoms with Crippen molar-refractivity contribution in [2.45, 2.75) is 38.5 Å². The van der Waals surface area contributed by atoms with Crippen molar-refractivity contribution in [1.29, 1.82) is 0 Å². The molecule has 0 amide bonds. The number of rotatable bonds is 4. The van der Waals surface area contributed by atoms with E-state index in [0.29, 0.717) is 23.3 Å². The van der Waals surface area contributed by atoms with Crippen molar-refractivity contribution in [3.8, 4) is 0 Å². The molecule has 0 atom stereocenters. The van der Waals surface area contributed by atoms with Crippen LogP contribution >= 0.6 is 15.9 Å². The predicted molar refractivity (Wildman–Crippen MR) is 90.0 cm³/mol. The molecule has 0 unspecified atom stereocenters. The van der Waals surface area contributed by atoms with E-state index in [9.17, 15) is 9.59 Å². The maximum Gasteiger partial charge on any atom is 0.312 e. The van der Waals surface area contributed by atoms with Crippen molar-refractivity contribution >= 4 is 27.7 Å². The maximum absolute atomic E-state index is 12.7. The molecule has 23 heavy (non-hydrogen) atoms. The van der Waals surface area contributed by atoms with Crippen LogP contribution in [0.15, 0.2) is 28.7 Å². The minimum absolute atomic E-state index is 0.123. The Kier molecular flexibility index (Phi) is 3.83. The van der Waals surface area contributed by atoms with Gasteiger partial charge in [-0.05, 0) is 68.4 Å². The largest absolute Gasteiger partial charge is 0.457 e. The van der Waals surface area contributed by atoms with E-state index >= 15 is 0 Å². The van der Waals surface area contributed by atoms with Gasteiger partial charge >= 0.3 is 5.97 Å². The summed E-state index contributed by atoms with van der Waals surface area (Å²) in [6, 6.07) is 7.16. The van der Waals surface area contributed by atoms with Gasteiger partial charge in [0.25, 0.3) is 0 Å². The van der Waals surface area contributed by atoms with E-state index in [-0.39, 0.29) is 23.8 Å². The average molecular weight is 377 g/mol. The quantitative estimate of drug-likeness (QED) is 0.577. The minimum atomic E-state index is -0.283. The zero-order valence-corrected chi connectivity index (χ0v) is 14.7. The first-order chi connectivity index (χ1) is 11.0. The van der Waals surface area contributed by atoms with Crippen LogP contribution in [0.2, 0.25) is 0 Å². The number of esters is 1. The molecule has 4 bridgehead atoms. The van der Waals surface area contributed by atoms with Crippen LogP contribution in [0.5, 0.6) is 0 Å². The highest BCUT2D eigenvalue weighted by Gasteiger charge is 2.55. The third-order valence-corrected chi connectivity index (χ3v) is 6.50. The Bertz CT molecular complexity index is 599. The lowest BCUT2D eigenvalue weighted by molar-refractivity contribution is -0.170. The second kappa shape index (κ2) is 5.73. The second-order valence-corrected chi connectivity index (χ2v) is 8.62. The van der Waals surface area contributed by atoms with E-state index in [1.165, 1.54) is 19.3 Å². The number of carbonyl (C=O) groups is 2. The Morgan fingerprint density at radius 3 is 2.04 bits per heavy atom. The molecule has 0 aromatic heterocycles. The highest BCUT2D eigenvalue weighted by Crippen LogP contribution is 2.60. The summed E-state index contributed by atoms with van der Waals surface area (Å²) in [7, 11) is 0. The number of ketones is 1. The monoisotopic (exact) mass is 376 g/mol. The first kappa shape index (κ1) is 15.4. The van der Waals surface area contributed by atoms with Gasteiger partial charge in [0, 0.05) is 10.0 Å². The van der Waals surface area contributed by atoms with Crippen molar-refractivity contribution in [2.24, 2.45) is 23.2 Å². The summed E-state index contributed by atoms with van der Waals surface area (Å²) >= 11 is 3.35. The molecule has 0 saturated heterocycles. The van der Waals surface area contributed by atoms with Crippen LogP contribution in [0.25, 0.3) is 0 Å². The van der Waals surface area contributed by atoms with Crippen molar-refractivity contribution in [1.82, 2.24) is 0 Å². The zero-order chi connectivity index (χ0) is 16.0. The van der Waals surface area contributed by atoms with Crippen LogP contribution in [0.3, 0.4) is 0 Å². The summed E-state index contributed by atoms with van der Waals surface area (Å²) in [5.74, 6) is 1.86. The molecule has 0 radical (unpaired) electrons.